The van der Waals surface area contributed by atoms with Gasteiger partial charge in [0.1, 0.15) is 5.82 Å². The first kappa shape index (κ1) is 23.1. The maximum absolute atomic E-state index is 13.3. The van der Waals surface area contributed by atoms with Crippen molar-refractivity contribution in [3.63, 3.8) is 0 Å². The van der Waals surface area contributed by atoms with Crippen molar-refractivity contribution in [3.05, 3.63) is 41.5 Å². The van der Waals surface area contributed by atoms with Crippen molar-refractivity contribution in [1.29, 1.82) is 0 Å². The summed E-state index contributed by atoms with van der Waals surface area (Å²) in [5.74, 6) is -1.06. The van der Waals surface area contributed by atoms with Gasteiger partial charge in [0.2, 0.25) is 5.95 Å². The highest BCUT2D eigenvalue weighted by Gasteiger charge is 2.21. The third kappa shape index (κ3) is 6.19. The summed E-state index contributed by atoms with van der Waals surface area (Å²) in [7, 11) is 4.20. The summed E-state index contributed by atoms with van der Waals surface area (Å²) < 4.78 is 13.3. The molecule has 2 aromatic rings. The number of hydrogen-bond acceptors (Lipinski definition) is 7. The first-order chi connectivity index (χ1) is 14.8. The molecule has 168 valence electrons. The second-order valence-corrected chi connectivity index (χ2v) is 8.04. The predicted octanol–water partition coefficient (Wildman–Crippen LogP) is 1.56. The van der Waals surface area contributed by atoms with Gasteiger partial charge in [0.25, 0.3) is 0 Å². The molecule has 3 heterocycles. The van der Waals surface area contributed by atoms with Gasteiger partial charge in [-0.15, -0.1) is 0 Å². The number of rotatable bonds is 3. The van der Waals surface area contributed by atoms with Crippen LogP contribution in [0, 0.1) is 12.7 Å². The molecule has 0 unspecified atom stereocenters. The maximum atomic E-state index is 13.3. The summed E-state index contributed by atoms with van der Waals surface area (Å²) in [4.78, 5) is 26.8. The number of anilines is 1. The van der Waals surface area contributed by atoms with E-state index in [0.717, 1.165) is 39.3 Å². The Kier molecular flexibility index (Phi) is 7.89. The van der Waals surface area contributed by atoms with Crippen LogP contribution in [0.4, 0.5) is 10.3 Å². The van der Waals surface area contributed by atoms with E-state index < -0.39 is 5.97 Å². The number of nitrogens with one attached hydrogen (secondary N) is 1. The van der Waals surface area contributed by atoms with E-state index in [1.165, 1.54) is 31.4 Å². The highest BCUT2D eigenvalue weighted by atomic mass is 19.1. The lowest BCUT2D eigenvalue weighted by Crippen LogP contribution is -2.45. The Morgan fingerprint density at radius 2 is 1.68 bits per heavy atom. The normalized spacial score (nSPS) is 17.7. The molecule has 2 saturated heterocycles. The van der Waals surface area contributed by atoms with E-state index in [1.807, 2.05) is 11.9 Å². The first-order valence-corrected chi connectivity index (χ1v) is 10.5. The van der Waals surface area contributed by atoms with E-state index in [1.54, 1.807) is 13.0 Å². The number of halogens is 1. The van der Waals surface area contributed by atoms with E-state index in [9.17, 15) is 14.3 Å². The van der Waals surface area contributed by atoms with Gasteiger partial charge in [0.15, 0.2) is 5.69 Å². The molecule has 0 radical (unpaired) electrons. The van der Waals surface area contributed by atoms with Gasteiger partial charge in [-0.2, -0.15) is 0 Å². The highest BCUT2D eigenvalue weighted by molar-refractivity contribution is 5.94. The average Bonchev–Trinajstić information content (AvgIpc) is 2.75. The van der Waals surface area contributed by atoms with Gasteiger partial charge >= 0.3 is 5.97 Å². The standard InChI is InChI=1S/C17H19FN4O2.C5H12N2/c1-11-9-12(18)3-4-13(11)14-10-19-17(20-15(14)16(23)24)22-7-5-21(2)6-8-22;1-7-4-2-6-3-5-7/h3-4,9-10H,5-8H2,1-2H3,(H,23,24);6H,2-5H2,1H3. The molecule has 31 heavy (non-hydrogen) atoms. The van der Waals surface area contributed by atoms with Gasteiger partial charge < -0.3 is 25.1 Å². The van der Waals surface area contributed by atoms with E-state index in [2.05, 4.69) is 32.1 Å². The van der Waals surface area contributed by atoms with Gasteiger partial charge in [-0.1, -0.05) is 6.07 Å². The minimum Gasteiger partial charge on any atom is -0.476 e. The van der Waals surface area contributed by atoms with Crippen molar-refractivity contribution < 1.29 is 14.3 Å². The van der Waals surface area contributed by atoms with Crippen LogP contribution in [-0.2, 0) is 0 Å². The fourth-order valence-electron chi connectivity index (χ4n) is 3.60. The van der Waals surface area contributed by atoms with Crippen molar-refractivity contribution in [2.45, 2.75) is 6.92 Å². The monoisotopic (exact) mass is 430 g/mol. The molecular formula is C22H31FN6O2. The van der Waals surface area contributed by atoms with Crippen LogP contribution in [0.3, 0.4) is 0 Å². The molecular weight excluding hydrogens is 399 g/mol. The minimum atomic E-state index is -1.12. The molecule has 2 fully saturated rings. The number of aryl methyl sites for hydroxylation is 1. The number of hydrogen-bond donors (Lipinski definition) is 2. The summed E-state index contributed by atoms with van der Waals surface area (Å²) in [5.41, 5.74) is 1.61. The zero-order valence-electron chi connectivity index (χ0n) is 18.4. The number of aromatic nitrogens is 2. The topological polar surface area (TPSA) is 84.8 Å². The van der Waals surface area contributed by atoms with Gasteiger partial charge in [-0.25, -0.2) is 19.2 Å². The van der Waals surface area contributed by atoms with Crippen LogP contribution in [0.15, 0.2) is 24.4 Å². The zero-order chi connectivity index (χ0) is 22.4. The van der Waals surface area contributed by atoms with E-state index >= 15 is 0 Å². The Bertz CT molecular complexity index is 896. The number of piperazine rings is 2. The van der Waals surface area contributed by atoms with Gasteiger partial charge in [0.05, 0.1) is 0 Å². The number of likely N-dealkylation sites (N-methyl/N-ethyl adjacent to an activating group) is 2. The number of carbonyl (C=O) groups is 1. The average molecular weight is 431 g/mol. The Morgan fingerprint density at radius 3 is 2.23 bits per heavy atom. The van der Waals surface area contributed by atoms with Crippen LogP contribution in [0.25, 0.3) is 11.1 Å². The first-order valence-electron chi connectivity index (χ1n) is 10.5. The number of carboxylic acids is 1. The van der Waals surface area contributed by atoms with Crippen LogP contribution in [0.2, 0.25) is 0 Å². The zero-order valence-corrected chi connectivity index (χ0v) is 18.4. The lowest BCUT2D eigenvalue weighted by Gasteiger charge is -2.32. The van der Waals surface area contributed by atoms with Gasteiger partial charge in [0, 0.05) is 64.1 Å². The maximum Gasteiger partial charge on any atom is 0.355 e. The molecule has 0 amide bonds. The molecule has 1 aromatic heterocycles. The second-order valence-electron chi connectivity index (χ2n) is 8.04. The molecule has 8 nitrogen and oxygen atoms in total. The van der Waals surface area contributed by atoms with Crippen LogP contribution in [0.1, 0.15) is 16.1 Å². The van der Waals surface area contributed by atoms with Crippen molar-refractivity contribution >= 4 is 11.9 Å². The quantitative estimate of drug-likeness (QED) is 0.759. The number of carboxylic acid groups (broad SMARTS) is 1. The van der Waals surface area contributed by atoms with Crippen molar-refractivity contribution in [2.24, 2.45) is 0 Å². The molecule has 0 saturated carbocycles. The fourth-order valence-corrected chi connectivity index (χ4v) is 3.60. The molecule has 0 bridgehead atoms. The summed E-state index contributed by atoms with van der Waals surface area (Å²) in [6.07, 6.45) is 1.52. The Balaban J connectivity index is 0.000000330. The van der Waals surface area contributed by atoms with Crippen molar-refractivity contribution in [2.75, 3.05) is 71.4 Å². The lowest BCUT2D eigenvalue weighted by atomic mass is 10.0. The predicted molar refractivity (Wildman–Crippen MR) is 119 cm³/mol. The summed E-state index contributed by atoms with van der Waals surface area (Å²) in [6, 6.07) is 4.24. The minimum absolute atomic E-state index is 0.0614. The van der Waals surface area contributed by atoms with E-state index in [0.29, 0.717) is 22.6 Å². The molecule has 1 aromatic carbocycles. The largest absolute Gasteiger partial charge is 0.476 e. The third-order valence-corrected chi connectivity index (χ3v) is 5.58. The molecule has 0 atom stereocenters. The molecule has 0 spiro atoms. The SMILES string of the molecule is CN1CCNCC1.Cc1cc(F)ccc1-c1cnc(N2CCN(C)CC2)nc1C(=O)O. The van der Waals surface area contributed by atoms with Gasteiger partial charge in [-0.05, 0) is 44.3 Å². The van der Waals surface area contributed by atoms with E-state index in [-0.39, 0.29) is 11.5 Å². The van der Waals surface area contributed by atoms with Crippen LogP contribution in [-0.4, -0.2) is 97.3 Å². The van der Waals surface area contributed by atoms with Crippen molar-refractivity contribution in [3.8, 4) is 11.1 Å². The number of aromatic carboxylic acids is 1. The van der Waals surface area contributed by atoms with Crippen LogP contribution in [0.5, 0.6) is 0 Å². The van der Waals surface area contributed by atoms with Crippen LogP contribution < -0.4 is 10.2 Å². The van der Waals surface area contributed by atoms with E-state index in [4.69, 9.17) is 0 Å². The van der Waals surface area contributed by atoms with Crippen molar-refractivity contribution in [1.82, 2.24) is 25.1 Å². The fraction of sp³-hybridized carbons (Fsp3) is 0.500. The Morgan fingerprint density at radius 1 is 1.03 bits per heavy atom. The van der Waals surface area contributed by atoms with Crippen LogP contribution >= 0.6 is 0 Å². The third-order valence-electron chi connectivity index (χ3n) is 5.58. The molecule has 2 N–H and O–H groups in total. The summed E-state index contributed by atoms with van der Waals surface area (Å²) >= 11 is 0. The lowest BCUT2D eigenvalue weighted by molar-refractivity contribution is 0.0691. The summed E-state index contributed by atoms with van der Waals surface area (Å²) in [6.45, 7) is 9.75. The number of nitrogens with zero attached hydrogens (tertiary/aromatic N) is 5. The number of benzene rings is 1. The molecule has 2 aliphatic heterocycles. The molecule has 9 heteroatoms. The summed E-state index contributed by atoms with van der Waals surface area (Å²) in [5, 5.41) is 12.8. The Labute approximate surface area is 182 Å². The molecule has 4 rings (SSSR count). The smallest absolute Gasteiger partial charge is 0.355 e. The second kappa shape index (κ2) is 10.6. The Hall–Kier alpha value is -2.62. The van der Waals surface area contributed by atoms with Gasteiger partial charge in [-0.3, -0.25) is 0 Å². The molecule has 0 aliphatic carbocycles. The highest BCUT2D eigenvalue weighted by Crippen LogP contribution is 2.27. The molecule has 2 aliphatic rings.